The number of hydrogen-bond acceptors (Lipinski definition) is 0. The summed E-state index contributed by atoms with van der Waals surface area (Å²) in [7, 11) is 0. The van der Waals surface area contributed by atoms with Crippen LogP contribution in [-0.4, -0.2) is 4.57 Å². The Balaban J connectivity index is 0.000000208. The molecule has 1 heterocycles. The van der Waals surface area contributed by atoms with Crippen LogP contribution in [0.4, 0.5) is 0 Å². The van der Waals surface area contributed by atoms with Crippen LogP contribution in [0.25, 0.3) is 0 Å². The summed E-state index contributed by atoms with van der Waals surface area (Å²) < 4.78 is 2.47. The highest BCUT2D eigenvalue weighted by molar-refractivity contribution is 5.14. The molecule has 0 saturated heterocycles. The first-order chi connectivity index (χ1) is 13.3. The Morgan fingerprint density at radius 3 is 2.00 bits per heavy atom. The first-order valence-corrected chi connectivity index (χ1v) is 11.5. The van der Waals surface area contributed by atoms with Crippen LogP contribution in [0.15, 0.2) is 48.8 Å². The van der Waals surface area contributed by atoms with E-state index in [0.29, 0.717) is 0 Å². The van der Waals surface area contributed by atoms with E-state index < -0.39 is 0 Å². The van der Waals surface area contributed by atoms with E-state index in [-0.39, 0.29) is 0 Å². The Bertz CT molecular complexity index is 577. The Morgan fingerprint density at radius 1 is 0.741 bits per heavy atom. The lowest BCUT2D eigenvalue weighted by molar-refractivity contribution is 0.354. The average Bonchev–Trinajstić information content (AvgIpc) is 3.19. The van der Waals surface area contributed by atoms with E-state index in [1.165, 1.54) is 89.0 Å². The molecule has 0 atom stereocenters. The van der Waals surface area contributed by atoms with E-state index in [4.69, 9.17) is 0 Å². The first-order valence-electron chi connectivity index (χ1n) is 11.5. The molecule has 0 amide bonds. The number of unbranched alkanes of at least 4 members (excludes halogenated alkanes) is 4. The molecule has 1 saturated carbocycles. The van der Waals surface area contributed by atoms with Gasteiger partial charge in [0.2, 0.25) is 0 Å². The fourth-order valence-electron chi connectivity index (χ4n) is 4.02. The van der Waals surface area contributed by atoms with Gasteiger partial charge in [-0.1, -0.05) is 89.1 Å². The van der Waals surface area contributed by atoms with Gasteiger partial charge < -0.3 is 4.57 Å². The molecule has 1 heteroatoms. The van der Waals surface area contributed by atoms with Gasteiger partial charge in [-0.15, -0.1) is 0 Å². The largest absolute Gasteiger partial charge is 0.351 e. The van der Waals surface area contributed by atoms with Gasteiger partial charge in [0.25, 0.3) is 0 Å². The molecule has 2 aromatic rings. The zero-order valence-corrected chi connectivity index (χ0v) is 17.8. The normalized spacial score (nSPS) is 14.6. The SMILES string of the molecule is CCCCCc1ccccc1.CCCCCc1ccn(C2CCCCC2)c1. The van der Waals surface area contributed by atoms with E-state index in [0.717, 1.165) is 6.04 Å². The molecular weight excluding hydrogens is 326 g/mol. The molecule has 1 aromatic carbocycles. The molecule has 1 aliphatic carbocycles. The molecule has 150 valence electrons. The zero-order chi connectivity index (χ0) is 19.2. The van der Waals surface area contributed by atoms with Crippen molar-refractivity contribution >= 4 is 0 Å². The highest BCUT2D eigenvalue weighted by Gasteiger charge is 2.14. The number of hydrogen-bond donors (Lipinski definition) is 0. The van der Waals surface area contributed by atoms with Crippen LogP contribution in [0.3, 0.4) is 0 Å². The molecule has 1 aliphatic rings. The minimum Gasteiger partial charge on any atom is -0.351 e. The number of aryl methyl sites for hydroxylation is 2. The van der Waals surface area contributed by atoms with Crippen molar-refractivity contribution in [2.24, 2.45) is 0 Å². The minimum absolute atomic E-state index is 0.800. The maximum absolute atomic E-state index is 2.47. The van der Waals surface area contributed by atoms with Crippen LogP contribution in [0.5, 0.6) is 0 Å². The van der Waals surface area contributed by atoms with Crippen LogP contribution < -0.4 is 0 Å². The van der Waals surface area contributed by atoms with E-state index >= 15 is 0 Å². The number of nitrogens with zero attached hydrogens (tertiary/aromatic N) is 1. The quantitative estimate of drug-likeness (QED) is 0.394. The second-order valence-corrected chi connectivity index (χ2v) is 8.16. The van der Waals surface area contributed by atoms with Crippen LogP contribution >= 0.6 is 0 Å². The van der Waals surface area contributed by atoms with Crippen molar-refractivity contribution in [3.63, 3.8) is 0 Å². The third-order valence-electron chi connectivity index (χ3n) is 5.75. The second kappa shape index (κ2) is 13.6. The Hall–Kier alpha value is -1.50. The molecule has 1 nitrogen and oxygen atoms in total. The van der Waals surface area contributed by atoms with Crippen molar-refractivity contribution in [3.05, 3.63) is 59.9 Å². The molecule has 1 aromatic heterocycles. The Kier molecular flexibility index (Phi) is 11.0. The second-order valence-electron chi connectivity index (χ2n) is 8.16. The molecule has 0 spiro atoms. The molecule has 0 bridgehead atoms. The maximum Gasteiger partial charge on any atom is 0.0330 e. The van der Waals surface area contributed by atoms with E-state index in [1.54, 1.807) is 5.56 Å². The molecule has 3 rings (SSSR count). The van der Waals surface area contributed by atoms with Gasteiger partial charge in [0, 0.05) is 18.4 Å². The summed E-state index contributed by atoms with van der Waals surface area (Å²) >= 11 is 0. The summed E-state index contributed by atoms with van der Waals surface area (Å²) in [4.78, 5) is 0. The average molecular weight is 368 g/mol. The minimum atomic E-state index is 0.800. The predicted octanol–water partition coefficient (Wildman–Crippen LogP) is 8.15. The van der Waals surface area contributed by atoms with Crippen LogP contribution in [0, 0.1) is 0 Å². The summed E-state index contributed by atoms with van der Waals surface area (Å²) in [6.45, 7) is 4.51. The standard InChI is InChI=1S/C15H25N.C11H16/c1-2-3-5-8-14-11-12-16(13-14)15-9-6-4-7-10-15;1-2-3-5-8-11-9-6-4-7-10-11/h11-13,15H,2-10H2,1H3;4,6-7,9-10H,2-3,5,8H2,1H3. The summed E-state index contributed by atoms with van der Waals surface area (Å²) in [5.41, 5.74) is 3.01. The molecule has 0 unspecified atom stereocenters. The third kappa shape index (κ3) is 8.82. The molecule has 0 aliphatic heterocycles. The van der Waals surface area contributed by atoms with Gasteiger partial charge in [-0.3, -0.25) is 0 Å². The lowest BCUT2D eigenvalue weighted by Crippen LogP contribution is -2.10. The van der Waals surface area contributed by atoms with Gasteiger partial charge in [-0.25, -0.2) is 0 Å². The van der Waals surface area contributed by atoms with Crippen LogP contribution in [-0.2, 0) is 12.8 Å². The molecule has 27 heavy (non-hydrogen) atoms. The molecule has 0 N–H and O–H groups in total. The molecule has 0 radical (unpaired) electrons. The van der Waals surface area contributed by atoms with Crippen molar-refractivity contribution in [2.75, 3.05) is 0 Å². The van der Waals surface area contributed by atoms with Gasteiger partial charge in [-0.05, 0) is 55.7 Å². The van der Waals surface area contributed by atoms with Crippen LogP contribution in [0.2, 0.25) is 0 Å². The van der Waals surface area contributed by atoms with Crippen molar-refractivity contribution in [1.82, 2.24) is 4.57 Å². The smallest absolute Gasteiger partial charge is 0.0330 e. The predicted molar refractivity (Wildman–Crippen MR) is 119 cm³/mol. The van der Waals surface area contributed by atoms with E-state index in [2.05, 4.69) is 67.2 Å². The maximum atomic E-state index is 2.47. The molecule has 1 fully saturated rings. The van der Waals surface area contributed by atoms with Gasteiger partial charge in [0.1, 0.15) is 0 Å². The monoisotopic (exact) mass is 367 g/mol. The topological polar surface area (TPSA) is 4.93 Å². The summed E-state index contributed by atoms with van der Waals surface area (Å²) in [6, 6.07) is 13.8. The zero-order valence-electron chi connectivity index (χ0n) is 17.8. The van der Waals surface area contributed by atoms with Crippen molar-refractivity contribution < 1.29 is 0 Å². The van der Waals surface area contributed by atoms with Gasteiger partial charge in [0.05, 0.1) is 0 Å². The van der Waals surface area contributed by atoms with Crippen LogP contribution in [0.1, 0.15) is 102 Å². The highest BCUT2D eigenvalue weighted by Crippen LogP contribution is 2.28. The van der Waals surface area contributed by atoms with Crippen molar-refractivity contribution in [1.29, 1.82) is 0 Å². The van der Waals surface area contributed by atoms with Gasteiger partial charge >= 0.3 is 0 Å². The number of rotatable bonds is 9. The number of aromatic nitrogens is 1. The first kappa shape index (κ1) is 21.8. The Labute approximate surface area is 168 Å². The summed E-state index contributed by atoms with van der Waals surface area (Å²) in [5.74, 6) is 0. The van der Waals surface area contributed by atoms with Gasteiger partial charge in [0.15, 0.2) is 0 Å². The fourth-order valence-corrected chi connectivity index (χ4v) is 4.02. The number of benzene rings is 1. The fraction of sp³-hybridized carbons (Fsp3) is 0.615. The Morgan fingerprint density at radius 2 is 1.37 bits per heavy atom. The van der Waals surface area contributed by atoms with Gasteiger partial charge in [-0.2, -0.15) is 0 Å². The van der Waals surface area contributed by atoms with E-state index in [1.807, 2.05) is 0 Å². The highest BCUT2D eigenvalue weighted by atomic mass is 15.0. The summed E-state index contributed by atoms with van der Waals surface area (Å²) in [6.07, 6.45) is 22.3. The lowest BCUT2D eigenvalue weighted by Gasteiger charge is -2.23. The van der Waals surface area contributed by atoms with Crippen molar-refractivity contribution in [2.45, 2.75) is 103 Å². The summed E-state index contributed by atoms with van der Waals surface area (Å²) in [5, 5.41) is 0. The third-order valence-corrected chi connectivity index (χ3v) is 5.75. The lowest BCUT2D eigenvalue weighted by atomic mass is 9.95. The van der Waals surface area contributed by atoms with Crippen molar-refractivity contribution in [3.8, 4) is 0 Å². The van der Waals surface area contributed by atoms with E-state index in [9.17, 15) is 0 Å². The molecular formula is C26H41N.